The van der Waals surface area contributed by atoms with E-state index in [1.807, 2.05) is 31.2 Å². The normalized spacial score (nSPS) is 12.1. The molecule has 0 aliphatic rings. The molecule has 0 aliphatic heterocycles. The topological polar surface area (TPSA) is 65.2 Å². The molecule has 1 atom stereocenters. The van der Waals surface area contributed by atoms with Crippen molar-refractivity contribution >= 4 is 5.91 Å². The van der Waals surface area contributed by atoms with E-state index in [-0.39, 0.29) is 6.10 Å². The third kappa shape index (κ3) is 2.98. The van der Waals surface area contributed by atoms with Crippen LogP contribution < -0.4 is 5.73 Å². The van der Waals surface area contributed by atoms with Gasteiger partial charge in [0.25, 0.3) is 0 Å². The zero-order valence-corrected chi connectivity index (χ0v) is 11.0. The first-order valence-corrected chi connectivity index (χ1v) is 6.01. The fourth-order valence-electron chi connectivity index (χ4n) is 1.80. The largest absolute Gasteiger partial charge is 0.377 e. The smallest absolute Gasteiger partial charge is 0.248 e. The van der Waals surface area contributed by atoms with Crippen LogP contribution in [0.4, 0.5) is 0 Å². The van der Waals surface area contributed by atoms with E-state index >= 15 is 0 Å². The molecule has 1 heterocycles. The number of benzene rings is 1. The van der Waals surface area contributed by atoms with Gasteiger partial charge in [0.2, 0.25) is 5.91 Å². The number of ether oxygens (including phenoxy) is 1. The van der Waals surface area contributed by atoms with E-state index in [1.54, 1.807) is 25.4 Å². The van der Waals surface area contributed by atoms with E-state index in [0.29, 0.717) is 5.56 Å². The number of primary amides is 1. The van der Waals surface area contributed by atoms with Crippen molar-refractivity contribution in [3.05, 3.63) is 53.7 Å². The van der Waals surface area contributed by atoms with Crippen LogP contribution in [0.2, 0.25) is 0 Å². The van der Waals surface area contributed by atoms with Gasteiger partial charge in [-0.15, -0.1) is 0 Å². The van der Waals surface area contributed by atoms with Crippen molar-refractivity contribution < 1.29 is 9.53 Å². The van der Waals surface area contributed by atoms with Crippen LogP contribution in [0.5, 0.6) is 0 Å². The summed E-state index contributed by atoms with van der Waals surface area (Å²) < 4.78 is 5.26. The van der Waals surface area contributed by atoms with Gasteiger partial charge in [0.05, 0.1) is 11.8 Å². The summed E-state index contributed by atoms with van der Waals surface area (Å²) >= 11 is 0. The SMILES string of the molecule is CO[C@H](C)c1ccc(-c2cc(C(N)=O)ccn2)cc1. The van der Waals surface area contributed by atoms with Crippen molar-refractivity contribution in [1.29, 1.82) is 0 Å². The minimum atomic E-state index is -0.451. The highest BCUT2D eigenvalue weighted by molar-refractivity contribution is 5.93. The average molecular weight is 256 g/mol. The fourth-order valence-corrected chi connectivity index (χ4v) is 1.80. The van der Waals surface area contributed by atoms with E-state index in [1.165, 1.54) is 0 Å². The van der Waals surface area contributed by atoms with Gasteiger partial charge in [0, 0.05) is 24.4 Å². The number of rotatable bonds is 4. The highest BCUT2D eigenvalue weighted by Gasteiger charge is 2.06. The van der Waals surface area contributed by atoms with Gasteiger partial charge in [-0.1, -0.05) is 24.3 Å². The fraction of sp³-hybridized carbons (Fsp3) is 0.200. The van der Waals surface area contributed by atoms with Gasteiger partial charge < -0.3 is 10.5 Å². The first kappa shape index (κ1) is 13.2. The van der Waals surface area contributed by atoms with Crippen LogP contribution in [0.1, 0.15) is 28.9 Å². The quantitative estimate of drug-likeness (QED) is 0.914. The predicted molar refractivity (Wildman–Crippen MR) is 73.6 cm³/mol. The highest BCUT2D eigenvalue weighted by Crippen LogP contribution is 2.22. The molecule has 0 bridgehead atoms. The Morgan fingerprint density at radius 3 is 2.53 bits per heavy atom. The summed E-state index contributed by atoms with van der Waals surface area (Å²) in [6.07, 6.45) is 1.64. The second-order valence-corrected chi connectivity index (χ2v) is 4.29. The van der Waals surface area contributed by atoms with Gasteiger partial charge in [0.15, 0.2) is 0 Å². The maximum absolute atomic E-state index is 11.1. The molecule has 0 saturated carbocycles. The Hall–Kier alpha value is -2.20. The van der Waals surface area contributed by atoms with Crippen molar-refractivity contribution in [3.8, 4) is 11.3 Å². The minimum Gasteiger partial charge on any atom is -0.377 e. The Bertz CT molecular complexity index is 579. The summed E-state index contributed by atoms with van der Waals surface area (Å²) in [6.45, 7) is 1.99. The standard InChI is InChI=1S/C15H16N2O2/c1-10(19-2)11-3-5-12(6-4-11)14-9-13(15(16)18)7-8-17-14/h3-10H,1-2H3,(H2,16,18)/t10-/m1/s1. The number of amides is 1. The molecule has 0 radical (unpaired) electrons. The predicted octanol–water partition coefficient (Wildman–Crippen LogP) is 2.55. The lowest BCUT2D eigenvalue weighted by atomic mass is 10.0. The number of carbonyl (C=O) groups is 1. The van der Waals surface area contributed by atoms with Gasteiger partial charge in [-0.25, -0.2) is 0 Å². The molecular weight excluding hydrogens is 240 g/mol. The lowest BCUT2D eigenvalue weighted by Crippen LogP contribution is -2.10. The number of hydrogen-bond acceptors (Lipinski definition) is 3. The Kier molecular flexibility index (Phi) is 3.92. The number of nitrogens with two attached hydrogens (primary N) is 1. The molecule has 1 aromatic heterocycles. The number of hydrogen-bond donors (Lipinski definition) is 1. The number of methoxy groups -OCH3 is 1. The maximum Gasteiger partial charge on any atom is 0.248 e. The maximum atomic E-state index is 11.1. The van der Waals surface area contributed by atoms with Crippen molar-refractivity contribution in [2.45, 2.75) is 13.0 Å². The lowest BCUT2D eigenvalue weighted by Gasteiger charge is -2.10. The molecule has 1 amide bonds. The zero-order valence-electron chi connectivity index (χ0n) is 11.0. The molecule has 98 valence electrons. The third-order valence-electron chi connectivity index (χ3n) is 3.07. The van der Waals surface area contributed by atoms with Gasteiger partial charge >= 0.3 is 0 Å². The molecule has 2 rings (SSSR count). The molecule has 19 heavy (non-hydrogen) atoms. The molecule has 2 N–H and O–H groups in total. The molecule has 0 fully saturated rings. The van der Waals surface area contributed by atoms with Crippen molar-refractivity contribution in [3.63, 3.8) is 0 Å². The van der Waals surface area contributed by atoms with Crippen LogP contribution in [0.25, 0.3) is 11.3 Å². The van der Waals surface area contributed by atoms with Gasteiger partial charge in [-0.05, 0) is 24.6 Å². The molecular formula is C15H16N2O2. The van der Waals surface area contributed by atoms with Crippen molar-refractivity contribution in [1.82, 2.24) is 4.98 Å². The molecule has 1 aromatic carbocycles. The van der Waals surface area contributed by atoms with Crippen molar-refractivity contribution in [2.75, 3.05) is 7.11 Å². The molecule has 0 aliphatic carbocycles. The van der Waals surface area contributed by atoms with Gasteiger partial charge in [-0.2, -0.15) is 0 Å². The summed E-state index contributed by atoms with van der Waals surface area (Å²) in [4.78, 5) is 15.4. The van der Waals surface area contributed by atoms with Crippen LogP contribution in [-0.2, 0) is 4.74 Å². The zero-order chi connectivity index (χ0) is 13.8. The summed E-state index contributed by atoms with van der Waals surface area (Å²) in [5, 5.41) is 0. The Morgan fingerprint density at radius 2 is 1.95 bits per heavy atom. The molecule has 0 saturated heterocycles. The number of pyridine rings is 1. The number of nitrogens with zero attached hydrogens (tertiary/aromatic N) is 1. The van der Waals surface area contributed by atoms with Gasteiger partial charge in [-0.3, -0.25) is 9.78 Å². The minimum absolute atomic E-state index is 0.0546. The van der Waals surface area contributed by atoms with E-state index < -0.39 is 5.91 Å². The van der Waals surface area contributed by atoms with Gasteiger partial charge in [0.1, 0.15) is 0 Å². The Labute approximate surface area is 112 Å². The van der Waals surface area contributed by atoms with E-state index in [9.17, 15) is 4.79 Å². The first-order chi connectivity index (χ1) is 9.11. The molecule has 0 spiro atoms. The second-order valence-electron chi connectivity index (χ2n) is 4.29. The van der Waals surface area contributed by atoms with E-state index in [2.05, 4.69) is 4.98 Å². The number of carbonyl (C=O) groups excluding carboxylic acids is 1. The van der Waals surface area contributed by atoms with Crippen LogP contribution in [-0.4, -0.2) is 18.0 Å². The molecule has 4 heteroatoms. The van der Waals surface area contributed by atoms with Crippen LogP contribution in [0.15, 0.2) is 42.6 Å². The summed E-state index contributed by atoms with van der Waals surface area (Å²) in [6, 6.07) is 11.2. The summed E-state index contributed by atoms with van der Waals surface area (Å²) in [7, 11) is 1.68. The molecule has 0 unspecified atom stereocenters. The lowest BCUT2D eigenvalue weighted by molar-refractivity contribution is 0.1000. The molecule has 4 nitrogen and oxygen atoms in total. The summed E-state index contributed by atoms with van der Waals surface area (Å²) in [5.74, 6) is -0.451. The van der Waals surface area contributed by atoms with E-state index in [4.69, 9.17) is 10.5 Å². The van der Waals surface area contributed by atoms with Crippen LogP contribution >= 0.6 is 0 Å². The highest BCUT2D eigenvalue weighted by atomic mass is 16.5. The Balaban J connectivity index is 2.32. The number of aromatic nitrogens is 1. The Morgan fingerprint density at radius 1 is 1.26 bits per heavy atom. The summed E-state index contributed by atoms with van der Waals surface area (Å²) in [5.41, 5.74) is 8.48. The average Bonchev–Trinajstić information content (AvgIpc) is 2.46. The van der Waals surface area contributed by atoms with E-state index in [0.717, 1.165) is 16.8 Å². The van der Waals surface area contributed by atoms with Crippen LogP contribution in [0, 0.1) is 0 Å². The first-order valence-electron chi connectivity index (χ1n) is 6.01. The van der Waals surface area contributed by atoms with Crippen molar-refractivity contribution in [2.24, 2.45) is 5.73 Å². The monoisotopic (exact) mass is 256 g/mol. The second kappa shape index (κ2) is 5.63. The van der Waals surface area contributed by atoms with Crippen LogP contribution in [0.3, 0.4) is 0 Å². The molecule has 2 aromatic rings. The third-order valence-corrected chi connectivity index (χ3v) is 3.07.